The van der Waals surface area contributed by atoms with Crippen molar-refractivity contribution in [1.29, 1.82) is 0 Å². The molecule has 2 atom stereocenters. The first-order valence-corrected chi connectivity index (χ1v) is 7.49. The van der Waals surface area contributed by atoms with Gasteiger partial charge in [0.05, 0.1) is 5.88 Å². The molecule has 20 heavy (non-hydrogen) atoms. The maximum atomic E-state index is 12.3. The minimum atomic E-state index is -0.967. The molecular weight excluding hydrogens is 278 g/mol. The molecule has 0 aliphatic carbocycles. The third-order valence-electron chi connectivity index (χ3n) is 3.13. The van der Waals surface area contributed by atoms with Gasteiger partial charge in [0.2, 0.25) is 0 Å². The lowest BCUT2D eigenvalue weighted by atomic mass is 10.2. The van der Waals surface area contributed by atoms with Crippen LogP contribution in [0.3, 0.4) is 0 Å². The van der Waals surface area contributed by atoms with E-state index >= 15 is 0 Å². The van der Waals surface area contributed by atoms with E-state index in [-0.39, 0.29) is 5.91 Å². The van der Waals surface area contributed by atoms with Gasteiger partial charge < -0.3 is 14.7 Å². The number of amides is 1. The molecule has 6 heteroatoms. The number of carbonyl (C=O) groups excluding carboxylic acids is 1. The lowest BCUT2D eigenvalue weighted by molar-refractivity contribution is -0.150. The van der Waals surface area contributed by atoms with E-state index in [1.807, 2.05) is 19.1 Å². The van der Waals surface area contributed by atoms with E-state index in [0.717, 1.165) is 5.56 Å². The first-order chi connectivity index (χ1) is 9.49. The second-order valence-corrected chi connectivity index (χ2v) is 5.73. The lowest BCUT2D eigenvalue weighted by Crippen LogP contribution is -2.47. The van der Waals surface area contributed by atoms with Gasteiger partial charge in [0.15, 0.2) is 6.10 Å². The largest absolute Gasteiger partial charge is 0.481 e. The molecule has 1 amide bonds. The molecule has 0 saturated carbocycles. The first kappa shape index (κ1) is 14.7. The summed E-state index contributed by atoms with van der Waals surface area (Å²) in [6.07, 6.45) is -0.696. The van der Waals surface area contributed by atoms with E-state index in [9.17, 15) is 9.59 Å². The van der Waals surface area contributed by atoms with Gasteiger partial charge in [-0.3, -0.25) is 4.79 Å². The molecule has 1 saturated heterocycles. The van der Waals surface area contributed by atoms with E-state index in [1.165, 1.54) is 16.7 Å². The fourth-order valence-corrected chi connectivity index (χ4v) is 3.12. The number of hydrogen-bond donors (Lipinski definition) is 1. The Kier molecular flexibility index (Phi) is 4.54. The molecule has 1 aliphatic heterocycles. The van der Waals surface area contributed by atoms with Crippen molar-refractivity contribution in [1.82, 2.24) is 4.90 Å². The molecule has 2 rings (SSSR count). The predicted octanol–water partition coefficient (Wildman–Crippen LogP) is 1.75. The van der Waals surface area contributed by atoms with Crippen molar-refractivity contribution < 1.29 is 19.4 Å². The lowest BCUT2D eigenvalue weighted by Gasteiger charge is -2.24. The van der Waals surface area contributed by atoms with Gasteiger partial charge in [-0.25, -0.2) is 4.79 Å². The van der Waals surface area contributed by atoms with E-state index in [4.69, 9.17) is 9.84 Å². The van der Waals surface area contributed by atoms with Crippen LogP contribution in [-0.4, -0.2) is 45.7 Å². The number of carboxylic acids is 1. The summed E-state index contributed by atoms with van der Waals surface area (Å²) >= 11 is 1.44. The quantitative estimate of drug-likeness (QED) is 0.916. The summed E-state index contributed by atoms with van der Waals surface area (Å²) in [5.74, 6) is 0.180. The van der Waals surface area contributed by atoms with Crippen LogP contribution in [0.4, 0.5) is 0 Å². The summed E-state index contributed by atoms with van der Waals surface area (Å²) in [5.41, 5.74) is 1.11. The molecule has 2 unspecified atom stereocenters. The van der Waals surface area contributed by atoms with Crippen molar-refractivity contribution >= 4 is 23.6 Å². The van der Waals surface area contributed by atoms with Crippen molar-refractivity contribution in [2.75, 3.05) is 11.6 Å². The number of aliphatic carboxylic acids is 1. The summed E-state index contributed by atoms with van der Waals surface area (Å²) in [7, 11) is 0. The Labute approximate surface area is 121 Å². The van der Waals surface area contributed by atoms with Crippen LogP contribution in [0.15, 0.2) is 24.3 Å². The number of nitrogens with zero attached hydrogens (tertiary/aromatic N) is 1. The summed E-state index contributed by atoms with van der Waals surface area (Å²) in [6, 6.07) is 6.65. The van der Waals surface area contributed by atoms with Crippen LogP contribution >= 0.6 is 11.8 Å². The van der Waals surface area contributed by atoms with E-state index < -0.39 is 18.1 Å². The standard InChI is InChI=1S/C14H17NO4S/c1-9-3-5-11(6-4-9)19-10(2)13(16)15-8-20-7-12(15)14(17)18/h3-6,10,12H,7-8H2,1-2H3,(H,17,18). The number of carboxylic acid groups (broad SMARTS) is 1. The summed E-state index contributed by atoms with van der Waals surface area (Å²) in [5, 5.41) is 9.09. The molecule has 0 radical (unpaired) electrons. The summed E-state index contributed by atoms with van der Waals surface area (Å²) < 4.78 is 5.58. The third-order valence-corrected chi connectivity index (χ3v) is 4.14. The first-order valence-electron chi connectivity index (χ1n) is 6.33. The second kappa shape index (κ2) is 6.17. The Morgan fingerprint density at radius 3 is 2.65 bits per heavy atom. The second-order valence-electron chi connectivity index (χ2n) is 4.74. The van der Waals surface area contributed by atoms with Gasteiger partial charge in [-0.15, -0.1) is 11.8 Å². The topological polar surface area (TPSA) is 66.8 Å². The molecule has 108 valence electrons. The van der Waals surface area contributed by atoms with Crippen molar-refractivity contribution in [2.24, 2.45) is 0 Å². The van der Waals surface area contributed by atoms with Gasteiger partial charge >= 0.3 is 5.97 Å². The zero-order valence-corrected chi connectivity index (χ0v) is 12.2. The molecule has 0 aromatic heterocycles. The number of carbonyl (C=O) groups is 2. The number of ether oxygens (including phenoxy) is 1. The predicted molar refractivity (Wildman–Crippen MR) is 76.9 cm³/mol. The van der Waals surface area contributed by atoms with Crippen LogP contribution in [0.25, 0.3) is 0 Å². The Balaban J connectivity index is 2.01. The smallest absolute Gasteiger partial charge is 0.327 e. The zero-order valence-electron chi connectivity index (χ0n) is 11.4. The maximum absolute atomic E-state index is 12.3. The normalized spacial score (nSPS) is 19.7. The van der Waals surface area contributed by atoms with Gasteiger partial charge in [-0.1, -0.05) is 17.7 Å². The van der Waals surface area contributed by atoms with E-state index in [0.29, 0.717) is 17.4 Å². The molecule has 1 heterocycles. The number of rotatable bonds is 4. The SMILES string of the molecule is Cc1ccc(OC(C)C(=O)N2CSCC2C(=O)O)cc1. The molecule has 1 N–H and O–H groups in total. The van der Waals surface area contributed by atoms with E-state index in [2.05, 4.69) is 0 Å². The Hall–Kier alpha value is -1.69. The fraction of sp³-hybridized carbons (Fsp3) is 0.429. The molecule has 5 nitrogen and oxygen atoms in total. The maximum Gasteiger partial charge on any atom is 0.327 e. The van der Waals surface area contributed by atoms with Crippen LogP contribution in [0.1, 0.15) is 12.5 Å². The molecular formula is C14H17NO4S. The molecule has 1 aromatic rings. The minimum Gasteiger partial charge on any atom is -0.481 e. The Bertz CT molecular complexity index is 502. The molecule has 1 aromatic carbocycles. The van der Waals surface area contributed by atoms with E-state index in [1.54, 1.807) is 19.1 Å². The summed E-state index contributed by atoms with van der Waals surface area (Å²) in [4.78, 5) is 24.7. The highest BCUT2D eigenvalue weighted by molar-refractivity contribution is 7.99. The average molecular weight is 295 g/mol. The molecule has 0 bridgehead atoms. The Morgan fingerprint density at radius 2 is 2.05 bits per heavy atom. The highest BCUT2D eigenvalue weighted by atomic mass is 32.2. The molecule has 1 fully saturated rings. The van der Waals surface area contributed by atoms with Crippen molar-refractivity contribution in [3.8, 4) is 5.75 Å². The minimum absolute atomic E-state index is 0.289. The highest BCUT2D eigenvalue weighted by Crippen LogP contribution is 2.23. The number of benzene rings is 1. The highest BCUT2D eigenvalue weighted by Gasteiger charge is 2.37. The average Bonchev–Trinajstić information content (AvgIpc) is 2.90. The van der Waals surface area contributed by atoms with Gasteiger partial charge in [0.25, 0.3) is 5.91 Å². The van der Waals surface area contributed by atoms with Gasteiger partial charge in [-0.05, 0) is 26.0 Å². The van der Waals surface area contributed by atoms with Crippen molar-refractivity contribution in [3.05, 3.63) is 29.8 Å². The van der Waals surface area contributed by atoms with Gasteiger partial charge in [0.1, 0.15) is 11.8 Å². The third kappa shape index (κ3) is 3.25. The Morgan fingerprint density at radius 1 is 1.40 bits per heavy atom. The monoisotopic (exact) mass is 295 g/mol. The molecule has 1 aliphatic rings. The van der Waals surface area contributed by atoms with Crippen LogP contribution in [0.5, 0.6) is 5.75 Å². The molecule has 0 spiro atoms. The van der Waals surface area contributed by atoms with Crippen LogP contribution < -0.4 is 4.74 Å². The number of hydrogen-bond acceptors (Lipinski definition) is 4. The van der Waals surface area contributed by atoms with Crippen LogP contribution in [-0.2, 0) is 9.59 Å². The van der Waals surface area contributed by atoms with Gasteiger partial charge in [-0.2, -0.15) is 0 Å². The van der Waals surface area contributed by atoms with Crippen LogP contribution in [0.2, 0.25) is 0 Å². The zero-order chi connectivity index (χ0) is 14.7. The van der Waals surface area contributed by atoms with Gasteiger partial charge in [0, 0.05) is 5.75 Å². The van der Waals surface area contributed by atoms with Crippen molar-refractivity contribution in [3.63, 3.8) is 0 Å². The summed E-state index contributed by atoms with van der Waals surface area (Å²) in [6.45, 7) is 3.61. The number of aryl methyl sites for hydroxylation is 1. The van der Waals surface area contributed by atoms with Crippen molar-refractivity contribution in [2.45, 2.75) is 26.0 Å². The number of thioether (sulfide) groups is 1. The van der Waals surface area contributed by atoms with Crippen LogP contribution in [0, 0.1) is 6.92 Å². The fourth-order valence-electron chi connectivity index (χ4n) is 1.97.